The highest BCUT2D eigenvalue weighted by molar-refractivity contribution is 7.14. The molecule has 4 rings (SSSR count). The Kier molecular flexibility index (Phi) is 5.24. The van der Waals surface area contributed by atoms with Crippen LogP contribution in [-0.2, 0) is 9.59 Å². The second-order valence-corrected chi connectivity index (χ2v) is 7.36. The third kappa shape index (κ3) is 3.31. The largest absolute Gasteiger partial charge is 0.507 e. The Morgan fingerprint density at radius 3 is 2.43 bits per heavy atom. The van der Waals surface area contributed by atoms with Gasteiger partial charge in [0.25, 0.3) is 5.78 Å². The molecule has 1 N–H and O–H groups in total. The van der Waals surface area contributed by atoms with Crippen LogP contribution in [0.25, 0.3) is 5.76 Å². The van der Waals surface area contributed by atoms with Gasteiger partial charge in [0.05, 0.1) is 25.8 Å². The monoisotopic (exact) mass is 422 g/mol. The number of benzene rings is 2. The van der Waals surface area contributed by atoms with Gasteiger partial charge < -0.3 is 14.6 Å². The number of ether oxygens (including phenoxy) is 2. The first kappa shape index (κ1) is 19.7. The Labute approximate surface area is 176 Å². The van der Waals surface area contributed by atoms with Gasteiger partial charge in [-0.15, -0.1) is 11.3 Å². The molecule has 2 heterocycles. The summed E-state index contributed by atoms with van der Waals surface area (Å²) in [5.74, 6) is -0.624. The van der Waals surface area contributed by atoms with Gasteiger partial charge in [-0.1, -0.05) is 24.3 Å². The third-order valence-corrected chi connectivity index (χ3v) is 5.62. The fourth-order valence-corrected chi connectivity index (χ4v) is 4.06. The number of thiazole rings is 1. The topological polar surface area (TPSA) is 89.0 Å². The minimum atomic E-state index is -0.826. The molecule has 0 saturated carbocycles. The molecule has 1 atom stereocenters. The third-order valence-electron chi connectivity index (χ3n) is 4.84. The molecule has 8 heteroatoms. The van der Waals surface area contributed by atoms with Crippen LogP contribution < -0.4 is 14.4 Å². The highest BCUT2D eigenvalue weighted by atomic mass is 32.1. The lowest BCUT2D eigenvalue weighted by Crippen LogP contribution is -2.29. The number of amides is 1. The molecule has 1 amide bonds. The van der Waals surface area contributed by atoms with E-state index in [0.29, 0.717) is 27.8 Å². The number of aliphatic hydroxyl groups excluding tert-OH is 1. The molecule has 1 unspecified atom stereocenters. The van der Waals surface area contributed by atoms with Crippen molar-refractivity contribution in [2.75, 3.05) is 19.1 Å². The molecule has 30 heavy (non-hydrogen) atoms. The molecule has 0 aliphatic carbocycles. The van der Waals surface area contributed by atoms with Gasteiger partial charge in [-0.05, 0) is 29.8 Å². The summed E-state index contributed by atoms with van der Waals surface area (Å²) in [6, 6.07) is 12.9. The second-order valence-electron chi connectivity index (χ2n) is 6.49. The molecule has 152 valence electrons. The van der Waals surface area contributed by atoms with Crippen molar-refractivity contribution in [3.05, 3.63) is 76.8 Å². The fourth-order valence-electron chi connectivity index (χ4n) is 3.39. The zero-order valence-corrected chi connectivity index (χ0v) is 17.1. The standard InChI is InChI=1S/C22H18N2O5S/c1-28-15-8-6-13(7-9-15)18-17(19(25)14-4-3-5-16(12-14)29-2)20(26)21(27)24(18)22-23-10-11-30-22/h3-12,18,25H,1-2H3/b19-17+. The summed E-state index contributed by atoms with van der Waals surface area (Å²) < 4.78 is 10.4. The van der Waals surface area contributed by atoms with Gasteiger partial charge in [-0.25, -0.2) is 4.98 Å². The molecule has 0 radical (unpaired) electrons. The van der Waals surface area contributed by atoms with E-state index in [1.54, 1.807) is 67.2 Å². The van der Waals surface area contributed by atoms with Crippen molar-refractivity contribution < 1.29 is 24.2 Å². The number of ketones is 1. The quantitative estimate of drug-likeness (QED) is 0.382. The average molecular weight is 422 g/mol. The van der Waals surface area contributed by atoms with Gasteiger partial charge in [0.1, 0.15) is 17.3 Å². The van der Waals surface area contributed by atoms with E-state index >= 15 is 0 Å². The van der Waals surface area contributed by atoms with Crippen molar-refractivity contribution in [3.8, 4) is 11.5 Å². The van der Waals surface area contributed by atoms with Crippen LogP contribution in [0.15, 0.2) is 65.7 Å². The van der Waals surface area contributed by atoms with Crippen LogP contribution in [0.4, 0.5) is 5.13 Å². The molecule has 0 spiro atoms. The number of carbonyl (C=O) groups excluding carboxylic acids is 2. The number of Topliss-reactive ketones (excluding diaryl/α,β-unsaturated/α-hetero) is 1. The highest BCUT2D eigenvalue weighted by Crippen LogP contribution is 2.43. The molecule has 1 aromatic heterocycles. The lowest BCUT2D eigenvalue weighted by Gasteiger charge is -2.23. The van der Waals surface area contributed by atoms with Crippen molar-refractivity contribution in [1.82, 2.24) is 4.98 Å². The van der Waals surface area contributed by atoms with Crippen LogP contribution in [0, 0.1) is 0 Å². The molecule has 2 aromatic carbocycles. The smallest absolute Gasteiger partial charge is 0.301 e. The van der Waals surface area contributed by atoms with E-state index in [1.165, 1.54) is 23.3 Å². The van der Waals surface area contributed by atoms with Crippen LogP contribution in [0.1, 0.15) is 17.2 Å². The van der Waals surface area contributed by atoms with Gasteiger partial charge in [-0.2, -0.15) is 0 Å². The Morgan fingerprint density at radius 1 is 1.07 bits per heavy atom. The van der Waals surface area contributed by atoms with E-state index in [9.17, 15) is 14.7 Å². The number of aliphatic hydroxyl groups is 1. The second kappa shape index (κ2) is 8.00. The number of rotatable bonds is 5. The summed E-state index contributed by atoms with van der Waals surface area (Å²) in [6.45, 7) is 0. The lowest BCUT2D eigenvalue weighted by molar-refractivity contribution is -0.132. The van der Waals surface area contributed by atoms with Crippen molar-refractivity contribution >= 4 is 33.9 Å². The van der Waals surface area contributed by atoms with E-state index < -0.39 is 17.7 Å². The highest BCUT2D eigenvalue weighted by Gasteiger charge is 2.47. The van der Waals surface area contributed by atoms with Gasteiger partial charge >= 0.3 is 5.91 Å². The van der Waals surface area contributed by atoms with Crippen LogP contribution in [-0.4, -0.2) is 36.0 Å². The minimum Gasteiger partial charge on any atom is -0.507 e. The summed E-state index contributed by atoms with van der Waals surface area (Å²) in [5.41, 5.74) is 1.02. The van der Waals surface area contributed by atoms with Crippen molar-refractivity contribution in [1.29, 1.82) is 0 Å². The van der Waals surface area contributed by atoms with Gasteiger partial charge in [0, 0.05) is 17.1 Å². The molecule has 1 aliphatic rings. The number of carbonyl (C=O) groups is 2. The first-order chi connectivity index (χ1) is 14.5. The maximum Gasteiger partial charge on any atom is 0.301 e. The lowest BCUT2D eigenvalue weighted by atomic mass is 9.95. The fraction of sp³-hybridized carbons (Fsp3) is 0.136. The summed E-state index contributed by atoms with van der Waals surface area (Å²) in [6.07, 6.45) is 1.56. The van der Waals surface area contributed by atoms with Crippen molar-refractivity contribution in [3.63, 3.8) is 0 Å². The molecule has 1 aliphatic heterocycles. The maximum atomic E-state index is 13.0. The number of anilines is 1. The number of aromatic nitrogens is 1. The molecule has 3 aromatic rings. The molecule has 7 nitrogen and oxygen atoms in total. The van der Waals surface area contributed by atoms with E-state index in [0.717, 1.165) is 0 Å². The minimum absolute atomic E-state index is 0.00591. The molecule has 1 fully saturated rings. The first-order valence-corrected chi connectivity index (χ1v) is 9.92. The average Bonchev–Trinajstić information content (AvgIpc) is 3.40. The predicted molar refractivity (Wildman–Crippen MR) is 113 cm³/mol. The number of nitrogens with zero attached hydrogens (tertiary/aromatic N) is 2. The summed E-state index contributed by atoms with van der Waals surface area (Å²) >= 11 is 1.24. The summed E-state index contributed by atoms with van der Waals surface area (Å²) in [4.78, 5) is 31.5. The number of hydrogen-bond acceptors (Lipinski definition) is 7. The van der Waals surface area contributed by atoms with Crippen molar-refractivity contribution in [2.45, 2.75) is 6.04 Å². The maximum absolute atomic E-state index is 13.0. The predicted octanol–water partition coefficient (Wildman–Crippen LogP) is 3.79. The van der Waals surface area contributed by atoms with Gasteiger partial charge in [0.2, 0.25) is 0 Å². The zero-order valence-electron chi connectivity index (χ0n) is 16.2. The van der Waals surface area contributed by atoms with E-state index in [1.807, 2.05) is 0 Å². The summed E-state index contributed by atoms with van der Waals surface area (Å²) in [5, 5.41) is 13.2. The Hall–Kier alpha value is -3.65. The normalized spacial score (nSPS) is 17.9. The van der Waals surface area contributed by atoms with Crippen LogP contribution in [0.2, 0.25) is 0 Å². The Bertz CT molecular complexity index is 1120. The SMILES string of the molecule is COc1ccc(C2/C(=C(\O)c3cccc(OC)c3)C(=O)C(=O)N2c2nccs2)cc1. The van der Waals surface area contributed by atoms with Gasteiger partial charge in [0.15, 0.2) is 5.13 Å². The zero-order chi connectivity index (χ0) is 21.3. The Morgan fingerprint density at radius 2 is 1.80 bits per heavy atom. The van der Waals surface area contributed by atoms with Crippen molar-refractivity contribution in [2.24, 2.45) is 0 Å². The molecular weight excluding hydrogens is 404 g/mol. The molecule has 0 bridgehead atoms. The molecule has 1 saturated heterocycles. The van der Waals surface area contributed by atoms with Crippen LogP contribution in [0.5, 0.6) is 11.5 Å². The van der Waals surface area contributed by atoms with Crippen LogP contribution in [0.3, 0.4) is 0 Å². The molecular formula is C22H18N2O5S. The van der Waals surface area contributed by atoms with Gasteiger partial charge in [-0.3, -0.25) is 14.5 Å². The van der Waals surface area contributed by atoms with E-state index in [-0.39, 0.29) is 11.3 Å². The summed E-state index contributed by atoms with van der Waals surface area (Å²) in [7, 11) is 3.07. The van der Waals surface area contributed by atoms with Crippen LogP contribution >= 0.6 is 11.3 Å². The number of hydrogen-bond donors (Lipinski definition) is 1. The number of methoxy groups -OCH3 is 2. The first-order valence-electron chi connectivity index (χ1n) is 9.04. The van der Waals surface area contributed by atoms with E-state index in [2.05, 4.69) is 4.98 Å². The Balaban J connectivity index is 1.91. The van der Waals surface area contributed by atoms with E-state index in [4.69, 9.17) is 9.47 Å².